The Morgan fingerprint density at radius 3 is 2.48 bits per heavy atom. The van der Waals surface area contributed by atoms with Crippen LogP contribution in [0.4, 0.5) is 0 Å². The van der Waals surface area contributed by atoms with Crippen LogP contribution in [0.15, 0.2) is 12.1 Å². The number of rotatable bonds is 5. The monoisotopic (exact) mass is 399 g/mol. The zero-order chi connectivity index (χ0) is 21.3. The van der Waals surface area contributed by atoms with Crippen LogP contribution in [0.3, 0.4) is 0 Å². The fourth-order valence-electron chi connectivity index (χ4n) is 3.66. The Balaban J connectivity index is 1.95. The van der Waals surface area contributed by atoms with E-state index in [-0.39, 0.29) is 34.8 Å². The highest BCUT2D eigenvalue weighted by molar-refractivity contribution is 5.97. The van der Waals surface area contributed by atoms with Crippen LogP contribution in [0.25, 0.3) is 0 Å². The van der Waals surface area contributed by atoms with E-state index in [0.717, 1.165) is 17.0 Å². The summed E-state index contributed by atoms with van der Waals surface area (Å²) in [7, 11) is 0. The fraction of sp³-hybridized carbons (Fsp3) is 0.500. The predicted molar refractivity (Wildman–Crippen MR) is 110 cm³/mol. The van der Waals surface area contributed by atoms with Gasteiger partial charge in [-0.3, -0.25) is 4.79 Å². The van der Waals surface area contributed by atoms with Crippen molar-refractivity contribution in [3.8, 4) is 17.5 Å². The summed E-state index contributed by atoms with van der Waals surface area (Å²) in [5, 5.41) is 20.3. The zero-order valence-electron chi connectivity index (χ0n) is 17.7. The van der Waals surface area contributed by atoms with Crippen molar-refractivity contribution < 1.29 is 19.7 Å². The van der Waals surface area contributed by atoms with Gasteiger partial charge >= 0.3 is 6.01 Å². The van der Waals surface area contributed by atoms with Crippen molar-refractivity contribution in [3.63, 3.8) is 0 Å². The molecule has 0 unspecified atom stereocenters. The van der Waals surface area contributed by atoms with Gasteiger partial charge in [-0.2, -0.15) is 9.97 Å². The van der Waals surface area contributed by atoms with E-state index in [1.165, 1.54) is 6.07 Å². The van der Waals surface area contributed by atoms with Crippen molar-refractivity contribution in [2.45, 2.75) is 59.4 Å². The highest BCUT2D eigenvalue weighted by atomic mass is 16.5. The maximum absolute atomic E-state index is 13.2. The Morgan fingerprint density at radius 1 is 1.14 bits per heavy atom. The van der Waals surface area contributed by atoms with Crippen LogP contribution in [0.2, 0.25) is 0 Å². The number of aromatic hydroxyl groups is 2. The minimum Gasteiger partial charge on any atom is -0.508 e. The fourth-order valence-corrected chi connectivity index (χ4v) is 3.66. The number of hydrogen-bond acceptors (Lipinski definition) is 6. The lowest BCUT2D eigenvalue weighted by molar-refractivity contribution is 0.0729. The highest BCUT2D eigenvalue weighted by Gasteiger charge is 2.29. The molecule has 0 bridgehead atoms. The molecule has 1 aromatic carbocycles. The van der Waals surface area contributed by atoms with E-state index in [9.17, 15) is 15.0 Å². The topological polar surface area (TPSA) is 95.8 Å². The number of amides is 1. The maximum atomic E-state index is 13.2. The van der Waals surface area contributed by atoms with Gasteiger partial charge in [-0.15, -0.1) is 0 Å². The van der Waals surface area contributed by atoms with Gasteiger partial charge in [-0.1, -0.05) is 27.7 Å². The molecule has 2 heterocycles. The van der Waals surface area contributed by atoms with Gasteiger partial charge in [0.05, 0.1) is 23.6 Å². The zero-order valence-corrected chi connectivity index (χ0v) is 17.7. The van der Waals surface area contributed by atoms with Crippen molar-refractivity contribution in [2.75, 3.05) is 13.2 Å². The molecule has 0 spiro atoms. The first kappa shape index (κ1) is 20.9. The molecule has 7 nitrogen and oxygen atoms in total. The number of benzene rings is 1. The number of ether oxygens (including phenoxy) is 1. The molecular weight excluding hydrogens is 370 g/mol. The largest absolute Gasteiger partial charge is 0.508 e. The number of carbonyl (C=O) groups excluding carboxylic acids is 1. The van der Waals surface area contributed by atoms with E-state index >= 15 is 0 Å². The average Bonchev–Trinajstić information content (AvgIpc) is 2.66. The lowest BCUT2D eigenvalue weighted by atomic mass is 9.95. The van der Waals surface area contributed by atoms with E-state index in [0.29, 0.717) is 37.7 Å². The van der Waals surface area contributed by atoms with Crippen LogP contribution in [-0.2, 0) is 13.0 Å². The van der Waals surface area contributed by atoms with Crippen molar-refractivity contribution in [1.82, 2.24) is 14.9 Å². The summed E-state index contributed by atoms with van der Waals surface area (Å²) in [4.78, 5) is 24.0. The molecule has 0 saturated carbocycles. The molecule has 29 heavy (non-hydrogen) atoms. The molecule has 0 fully saturated rings. The van der Waals surface area contributed by atoms with Crippen LogP contribution in [0.5, 0.6) is 17.5 Å². The van der Waals surface area contributed by atoms with Gasteiger partial charge in [0.15, 0.2) is 0 Å². The van der Waals surface area contributed by atoms with Gasteiger partial charge in [0, 0.05) is 31.1 Å². The second-order valence-corrected chi connectivity index (χ2v) is 7.96. The van der Waals surface area contributed by atoms with Crippen LogP contribution < -0.4 is 4.74 Å². The summed E-state index contributed by atoms with van der Waals surface area (Å²) >= 11 is 0. The van der Waals surface area contributed by atoms with Gasteiger partial charge in [0.2, 0.25) is 0 Å². The molecule has 156 valence electrons. The SMILES string of the molecule is CCOc1nc2c(c(C(C)C)n1)CN(C(=O)c1cc(C(C)C)c(O)cc1O)CC2. The molecule has 0 radical (unpaired) electrons. The van der Waals surface area contributed by atoms with Gasteiger partial charge in [0.25, 0.3) is 5.91 Å². The van der Waals surface area contributed by atoms with Crippen LogP contribution in [0, 0.1) is 0 Å². The maximum Gasteiger partial charge on any atom is 0.316 e. The van der Waals surface area contributed by atoms with Gasteiger partial charge in [-0.05, 0) is 30.4 Å². The van der Waals surface area contributed by atoms with Crippen molar-refractivity contribution in [3.05, 3.63) is 40.2 Å². The molecule has 0 aliphatic carbocycles. The third kappa shape index (κ3) is 4.13. The Labute approximate surface area is 171 Å². The molecule has 2 aromatic rings. The number of phenolic OH excluding ortho intramolecular Hbond substituents is 2. The van der Waals surface area contributed by atoms with Crippen LogP contribution in [-0.4, -0.2) is 44.1 Å². The summed E-state index contributed by atoms with van der Waals surface area (Å²) in [5.41, 5.74) is 3.58. The molecule has 3 rings (SSSR count). The van der Waals surface area contributed by atoms with Gasteiger partial charge in [0.1, 0.15) is 11.5 Å². The third-order valence-electron chi connectivity index (χ3n) is 5.18. The standard InChI is InChI=1S/C22H29N3O4/c1-6-29-22-23-17-7-8-25(11-16(17)20(24-22)13(4)5)21(28)15-9-14(12(2)3)18(26)10-19(15)27/h9-10,12-13,26-27H,6-8,11H2,1-5H3. The number of phenols is 2. The van der Waals surface area contributed by atoms with Gasteiger partial charge in [-0.25, -0.2) is 0 Å². The first-order valence-corrected chi connectivity index (χ1v) is 10.1. The van der Waals surface area contributed by atoms with Gasteiger partial charge < -0.3 is 19.8 Å². The second kappa shape index (κ2) is 8.27. The summed E-state index contributed by atoms with van der Waals surface area (Å²) in [6.07, 6.45) is 0.596. The van der Waals surface area contributed by atoms with Crippen molar-refractivity contribution in [1.29, 1.82) is 0 Å². The van der Waals surface area contributed by atoms with Crippen LogP contribution in [0.1, 0.15) is 79.3 Å². The summed E-state index contributed by atoms with van der Waals surface area (Å²) in [6.45, 7) is 11.2. The summed E-state index contributed by atoms with van der Waals surface area (Å²) < 4.78 is 5.51. The quantitative estimate of drug-likeness (QED) is 0.795. The molecule has 1 amide bonds. The number of nitrogens with zero attached hydrogens (tertiary/aromatic N) is 3. The molecular formula is C22H29N3O4. The molecule has 0 saturated heterocycles. The summed E-state index contributed by atoms with van der Waals surface area (Å²) in [6, 6.07) is 3.22. The van der Waals surface area contributed by atoms with E-state index in [1.54, 1.807) is 11.0 Å². The normalized spacial score (nSPS) is 13.7. The average molecular weight is 399 g/mol. The predicted octanol–water partition coefficient (Wildman–Crippen LogP) is 3.73. The number of carbonyl (C=O) groups is 1. The second-order valence-electron chi connectivity index (χ2n) is 7.96. The Bertz CT molecular complexity index is 925. The summed E-state index contributed by atoms with van der Waals surface area (Å²) in [5.74, 6) is -0.289. The number of hydrogen-bond donors (Lipinski definition) is 2. The Hall–Kier alpha value is -2.83. The molecule has 0 atom stereocenters. The first-order valence-electron chi connectivity index (χ1n) is 10.1. The lowest BCUT2D eigenvalue weighted by Gasteiger charge is -2.30. The van der Waals surface area contributed by atoms with E-state index in [1.807, 2.05) is 20.8 Å². The van der Waals surface area contributed by atoms with Crippen LogP contribution >= 0.6 is 0 Å². The third-order valence-corrected chi connectivity index (χ3v) is 5.18. The minimum absolute atomic E-state index is 0.00279. The molecule has 1 aliphatic rings. The minimum atomic E-state index is -0.265. The Morgan fingerprint density at radius 2 is 1.86 bits per heavy atom. The molecule has 2 N–H and O–H groups in total. The Kier molecular flexibility index (Phi) is 5.96. The number of fused-ring (bicyclic) bond motifs is 1. The smallest absolute Gasteiger partial charge is 0.316 e. The van der Waals surface area contributed by atoms with E-state index in [4.69, 9.17) is 4.74 Å². The lowest BCUT2D eigenvalue weighted by Crippen LogP contribution is -2.37. The molecule has 7 heteroatoms. The first-order chi connectivity index (χ1) is 13.7. The molecule has 1 aromatic heterocycles. The van der Waals surface area contributed by atoms with E-state index in [2.05, 4.69) is 23.8 Å². The highest BCUT2D eigenvalue weighted by Crippen LogP contribution is 2.34. The number of aromatic nitrogens is 2. The van der Waals surface area contributed by atoms with Crippen molar-refractivity contribution in [2.24, 2.45) is 0 Å². The molecule has 1 aliphatic heterocycles. The van der Waals surface area contributed by atoms with Crippen molar-refractivity contribution >= 4 is 5.91 Å². The van der Waals surface area contributed by atoms with E-state index < -0.39 is 0 Å².